The Bertz CT molecular complexity index is 926. The lowest BCUT2D eigenvalue weighted by Crippen LogP contribution is -2.14. The van der Waals surface area contributed by atoms with Gasteiger partial charge in [0.2, 0.25) is 0 Å². The maximum Gasteiger partial charge on any atom is 0.269 e. The lowest BCUT2D eigenvalue weighted by atomic mass is 10.0. The van der Waals surface area contributed by atoms with E-state index in [1.165, 1.54) is 6.21 Å². The number of benzene rings is 1. The summed E-state index contributed by atoms with van der Waals surface area (Å²) in [5, 5.41) is 9.32. The van der Waals surface area contributed by atoms with Gasteiger partial charge < -0.3 is 21.9 Å². The molecule has 0 bridgehead atoms. The maximum atomic E-state index is 11.8. The van der Waals surface area contributed by atoms with Gasteiger partial charge in [0.25, 0.3) is 5.91 Å². The van der Waals surface area contributed by atoms with Crippen LogP contribution in [0.5, 0.6) is 0 Å². The number of aromatic amines is 1. The zero-order chi connectivity index (χ0) is 16.6. The largest absolute Gasteiger partial charge is 0.398 e. The Kier molecular flexibility index (Phi) is 3.73. The molecule has 0 radical (unpaired) electrons. The molecule has 6 N–H and O–H groups in total. The van der Waals surface area contributed by atoms with Crippen molar-refractivity contribution in [3.63, 3.8) is 0 Å². The van der Waals surface area contributed by atoms with Crippen molar-refractivity contribution in [2.45, 2.75) is 26.2 Å². The van der Waals surface area contributed by atoms with Crippen molar-refractivity contribution in [2.24, 2.45) is 5.73 Å². The Morgan fingerprint density at radius 1 is 1.43 bits per heavy atom. The number of nitrogens with zero attached hydrogens (tertiary/aromatic N) is 1. The summed E-state index contributed by atoms with van der Waals surface area (Å²) in [6.07, 6.45) is 4.04. The molecule has 6 nitrogen and oxygen atoms in total. The number of nitrogen functional groups attached to an aromatic ring is 1. The second-order valence-corrected chi connectivity index (χ2v) is 5.61. The summed E-state index contributed by atoms with van der Waals surface area (Å²) in [7, 11) is 0. The molecule has 0 saturated carbocycles. The van der Waals surface area contributed by atoms with E-state index < -0.39 is 5.91 Å². The number of primary amides is 1. The van der Waals surface area contributed by atoms with Gasteiger partial charge in [-0.3, -0.25) is 4.79 Å². The molecule has 3 aromatic rings. The summed E-state index contributed by atoms with van der Waals surface area (Å²) in [6, 6.07) is 5.55. The molecular weight excluding hydrogens is 290 g/mol. The number of H-pyrrole nitrogens is 1. The topological polar surface area (TPSA) is 122 Å². The van der Waals surface area contributed by atoms with E-state index in [0.717, 1.165) is 41.2 Å². The van der Waals surface area contributed by atoms with Crippen LogP contribution in [0.4, 0.5) is 5.69 Å². The minimum Gasteiger partial charge on any atom is -0.398 e. The van der Waals surface area contributed by atoms with Crippen LogP contribution < -0.4 is 11.5 Å². The number of aromatic nitrogens is 2. The fourth-order valence-electron chi connectivity index (χ4n) is 2.91. The molecular formula is C17H19N5O. The number of rotatable bonds is 5. The number of anilines is 1. The number of carbonyl (C=O) groups excluding carboxylic acids is 1. The normalized spacial score (nSPS) is 11.2. The van der Waals surface area contributed by atoms with Gasteiger partial charge in [-0.15, -0.1) is 0 Å². The SMILES string of the molecule is CCCCc1cc2c([nH]c3ccc(N)c(C=N)c32)c(C(N)=O)n1. The summed E-state index contributed by atoms with van der Waals surface area (Å²) >= 11 is 0. The molecule has 0 atom stereocenters. The van der Waals surface area contributed by atoms with E-state index in [0.29, 0.717) is 16.8 Å². The second kappa shape index (κ2) is 5.72. The Morgan fingerprint density at radius 3 is 2.87 bits per heavy atom. The van der Waals surface area contributed by atoms with Crippen molar-refractivity contribution >= 4 is 39.6 Å². The molecule has 0 fully saturated rings. The molecule has 2 heterocycles. The predicted octanol–water partition coefficient (Wildman–Crippen LogP) is 2.74. The number of nitrogens with two attached hydrogens (primary N) is 2. The van der Waals surface area contributed by atoms with Gasteiger partial charge in [0, 0.05) is 39.4 Å². The van der Waals surface area contributed by atoms with Gasteiger partial charge in [-0.1, -0.05) is 13.3 Å². The van der Waals surface area contributed by atoms with Crippen LogP contribution in [0.2, 0.25) is 0 Å². The number of hydrogen-bond acceptors (Lipinski definition) is 4. The highest BCUT2D eigenvalue weighted by molar-refractivity contribution is 6.19. The third-order valence-corrected chi connectivity index (χ3v) is 4.04. The van der Waals surface area contributed by atoms with E-state index in [-0.39, 0.29) is 5.69 Å². The van der Waals surface area contributed by atoms with E-state index >= 15 is 0 Å². The first-order chi connectivity index (χ1) is 11.1. The van der Waals surface area contributed by atoms with Crippen molar-refractivity contribution in [2.75, 3.05) is 5.73 Å². The molecule has 1 amide bonds. The molecule has 3 rings (SSSR count). The van der Waals surface area contributed by atoms with Gasteiger partial charge >= 0.3 is 0 Å². The Balaban J connectivity index is 2.41. The van der Waals surface area contributed by atoms with Crippen molar-refractivity contribution in [1.29, 1.82) is 5.41 Å². The number of pyridine rings is 1. The Hall–Kier alpha value is -2.89. The van der Waals surface area contributed by atoms with Crippen LogP contribution in [0.1, 0.15) is 41.5 Å². The third kappa shape index (κ3) is 2.42. The van der Waals surface area contributed by atoms with Crippen molar-refractivity contribution in [3.8, 4) is 0 Å². The number of carbonyl (C=O) groups is 1. The Morgan fingerprint density at radius 2 is 2.22 bits per heavy atom. The van der Waals surface area contributed by atoms with E-state index in [4.69, 9.17) is 16.9 Å². The van der Waals surface area contributed by atoms with Crippen LogP contribution in [0, 0.1) is 5.41 Å². The summed E-state index contributed by atoms with van der Waals surface area (Å²) < 4.78 is 0. The molecule has 118 valence electrons. The van der Waals surface area contributed by atoms with E-state index in [1.54, 1.807) is 6.07 Å². The lowest BCUT2D eigenvalue weighted by molar-refractivity contribution is 0.0997. The zero-order valence-electron chi connectivity index (χ0n) is 12.9. The quantitative estimate of drug-likeness (QED) is 0.428. The van der Waals surface area contributed by atoms with Crippen LogP contribution in [-0.4, -0.2) is 22.1 Å². The first-order valence-electron chi connectivity index (χ1n) is 7.60. The minimum absolute atomic E-state index is 0.235. The number of amides is 1. The summed E-state index contributed by atoms with van der Waals surface area (Å²) in [5.41, 5.74) is 15.1. The first-order valence-corrected chi connectivity index (χ1v) is 7.60. The van der Waals surface area contributed by atoms with Crippen LogP contribution in [0.15, 0.2) is 18.2 Å². The summed E-state index contributed by atoms with van der Waals surface area (Å²) in [4.78, 5) is 19.4. The summed E-state index contributed by atoms with van der Waals surface area (Å²) in [6.45, 7) is 2.10. The molecule has 0 aliphatic heterocycles. The van der Waals surface area contributed by atoms with Gasteiger partial charge in [0.05, 0.1) is 5.52 Å². The molecule has 1 aromatic carbocycles. The van der Waals surface area contributed by atoms with E-state index in [9.17, 15) is 4.79 Å². The van der Waals surface area contributed by atoms with Crippen molar-refractivity contribution < 1.29 is 4.79 Å². The average molecular weight is 309 g/mol. The molecule has 0 spiro atoms. The van der Waals surface area contributed by atoms with Crippen LogP contribution in [0.25, 0.3) is 21.8 Å². The van der Waals surface area contributed by atoms with E-state index in [1.807, 2.05) is 12.1 Å². The van der Waals surface area contributed by atoms with Crippen LogP contribution >= 0.6 is 0 Å². The summed E-state index contributed by atoms with van der Waals surface area (Å²) in [5.74, 6) is -0.565. The monoisotopic (exact) mass is 309 g/mol. The van der Waals surface area contributed by atoms with Crippen molar-refractivity contribution in [3.05, 3.63) is 35.2 Å². The molecule has 23 heavy (non-hydrogen) atoms. The molecule has 0 aliphatic rings. The highest BCUT2D eigenvalue weighted by Crippen LogP contribution is 2.32. The molecule has 0 unspecified atom stereocenters. The fraction of sp³-hybridized carbons (Fsp3) is 0.235. The second-order valence-electron chi connectivity index (χ2n) is 5.61. The predicted molar refractivity (Wildman–Crippen MR) is 93.0 cm³/mol. The van der Waals surface area contributed by atoms with Crippen molar-refractivity contribution in [1.82, 2.24) is 9.97 Å². The van der Waals surface area contributed by atoms with Crippen LogP contribution in [-0.2, 0) is 6.42 Å². The first kappa shape index (κ1) is 15.0. The number of unbranched alkanes of at least 4 members (excludes halogenated alkanes) is 1. The zero-order valence-corrected chi connectivity index (χ0v) is 12.9. The lowest BCUT2D eigenvalue weighted by Gasteiger charge is -2.05. The third-order valence-electron chi connectivity index (χ3n) is 4.04. The molecule has 6 heteroatoms. The number of aryl methyl sites for hydroxylation is 1. The van der Waals surface area contributed by atoms with Gasteiger partial charge in [-0.25, -0.2) is 4.98 Å². The molecule has 2 aromatic heterocycles. The highest BCUT2D eigenvalue weighted by atomic mass is 16.1. The van der Waals surface area contributed by atoms with E-state index in [2.05, 4.69) is 16.9 Å². The maximum absolute atomic E-state index is 11.8. The number of fused-ring (bicyclic) bond motifs is 3. The van der Waals surface area contributed by atoms with Gasteiger partial charge in [-0.05, 0) is 31.0 Å². The number of hydrogen-bond donors (Lipinski definition) is 4. The molecule has 0 aliphatic carbocycles. The average Bonchev–Trinajstić information content (AvgIpc) is 2.90. The Labute approximate surface area is 133 Å². The fourth-order valence-corrected chi connectivity index (χ4v) is 2.91. The van der Waals surface area contributed by atoms with Gasteiger partial charge in [0.1, 0.15) is 0 Å². The standard InChI is InChI=1S/C17H19N5O/c1-2-3-4-9-7-10-14-11(8-18)12(19)5-6-13(14)22-15(10)16(21-9)17(20)23/h5-8,18,22H,2-4,19H2,1H3,(H2,20,23). The molecule has 0 saturated heterocycles. The van der Waals surface area contributed by atoms with Gasteiger partial charge in [0.15, 0.2) is 5.69 Å². The highest BCUT2D eigenvalue weighted by Gasteiger charge is 2.17. The minimum atomic E-state index is -0.565. The van der Waals surface area contributed by atoms with Crippen LogP contribution in [0.3, 0.4) is 0 Å². The van der Waals surface area contributed by atoms with Gasteiger partial charge in [-0.2, -0.15) is 0 Å². The smallest absolute Gasteiger partial charge is 0.269 e. The number of nitrogens with one attached hydrogen (secondary N) is 2.